The molecule has 0 bridgehead atoms. The van der Waals surface area contributed by atoms with Crippen LogP contribution < -0.4 is 0 Å². The minimum absolute atomic E-state index is 0.397. The number of aryl methyl sites for hydroxylation is 1. The van der Waals surface area contributed by atoms with E-state index in [0.29, 0.717) is 17.5 Å². The summed E-state index contributed by atoms with van der Waals surface area (Å²) in [5.41, 5.74) is 8.77. The second-order valence-electron chi connectivity index (χ2n) is 9.93. The highest BCUT2D eigenvalue weighted by molar-refractivity contribution is 6.08. The van der Waals surface area contributed by atoms with E-state index in [1.807, 2.05) is 37.4 Å². The molecular weight excluding hydrogens is 432 g/mol. The Morgan fingerprint density at radius 3 is 2.26 bits per heavy atom. The number of fused-ring (bicyclic) bond motifs is 4. The number of pyridine rings is 2. The standard InChI is InChI=1S/C31H28N2O2/c1-17(2)21-8-6-9-22(18(3)4)29(21)28-14-20-16-32-26(15-27(20)34-28)25-11-7-10-23-24-13-12-19(5)33-31(24)35-30(23)25/h6-18H,1-5H3. The third-order valence-corrected chi connectivity index (χ3v) is 6.80. The average molecular weight is 461 g/mol. The van der Waals surface area contributed by atoms with Crippen molar-refractivity contribution in [2.75, 3.05) is 0 Å². The molecule has 35 heavy (non-hydrogen) atoms. The van der Waals surface area contributed by atoms with Gasteiger partial charge in [0.25, 0.3) is 0 Å². The summed E-state index contributed by atoms with van der Waals surface area (Å²) in [4.78, 5) is 9.37. The third kappa shape index (κ3) is 3.52. The SMILES string of the molecule is Cc1ccc2c(n1)oc1c(-c3cc4oc(-c5c(C(C)C)cccc5C(C)C)cc4cn3)cccc12. The van der Waals surface area contributed by atoms with Gasteiger partial charge in [-0.2, -0.15) is 0 Å². The molecule has 0 saturated carbocycles. The van der Waals surface area contributed by atoms with Crippen molar-refractivity contribution < 1.29 is 8.83 Å². The van der Waals surface area contributed by atoms with Crippen LogP contribution in [0, 0.1) is 6.92 Å². The first-order valence-electron chi connectivity index (χ1n) is 12.2. The van der Waals surface area contributed by atoms with E-state index in [2.05, 4.69) is 69.1 Å². The number of benzene rings is 2. The van der Waals surface area contributed by atoms with Crippen molar-refractivity contribution in [2.24, 2.45) is 0 Å². The molecule has 4 nitrogen and oxygen atoms in total. The maximum atomic E-state index is 6.50. The summed E-state index contributed by atoms with van der Waals surface area (Å²) in [6.07, 6.45) is 1.90. The van der Waals surface area contributed by atoms with E-state index in [1.54, 1.807) is 0 Å². The van der Waals surface area contributed by atoms with Gasteiger partial charge in [-0.3, -0.25) is 4.98 Å². The van der Waals surface area contributed by atoms with Gasteiger partial charge in [0, 0.05) is 45.2 Å². The number of hydrogen-bond acceptors (Lipinski definition) is 4. The van der Waals surface area contributed by atoms with Crippen LogP contribution in [0.25, 0.3) is 55.6 Å². The number of hydrogen-bond donors (Lipinski definition) is 0. The fourth-order valence-corrected chi connectivity index (χ4v) is 5.01. The van der Waals surface area contributed by atoms with Crippen LogP contribution in [0.4, 0.5) is 0 Å². The Bertz CT molecular complexity index is 1690. The molecule has 0 N–H and O–H groups in total. The molecule has 0 aliphatic rings. The lowest BCUT2D eigenvalue weighted by Gasteiger charge is -2.17. The molecule has 6 rings (SSSR count). The highest BCUT2D eigenvalue weighted by Gasteiger charge is 2.20. The average Bonchev–Trinajstić information content (AvgIpc) is 3.43. The topological polar surface area (TPSA) is 52.1 Å². The van der Waals surface area contributed by atoms with E-state index in [1.165, 1.54) is 16.7 Å². The summed E-state index contributed by atoms with van der Waals surface area (Å²) in [5, 5.41) is 3.05. The van der Waals surface area contributed by atoms with Gasteiger partial charge < -0.3 is 8.83 Å². The predicted octanol–water partition coefficient (Wildman–Crippen LogP) is 9.01. The summed E-state index contributed by atoms with van der Waals surface area (Å²) in [5.74, 6) is 1.69. The van der Waals surface area contributed by atoms with E-state index >= 15 is 0 Å². The largest absolute Gasteiger partial charge is 0.456 e. The zero-order chi connectivity index (χ0) is 24.3. The molecule has 4 heteroatoms. The van der Waals surface area contributed by atoms with Gasteiger partial charge in [0.2, 0.25) is 5.71 Å². The lowest BCUT2D eigenvalue weighted by atomic mass is 9.87. The Hall–Kier alpha value is -3.92. The molecule has 4 heterocycles. The van der Waals surface area contributed by atoms with Crippen LogP contribution in [0.3, 0.4) is 0 Å². The van der Waals surface area contributed by atoms with Crippen LogP contribution in [-0.2, 0) is 0 Å². The summed E-state index contributed by atoms with van der Waals surface area (Å²) >= 11 is 0. The number of para-hydroxylation sites is 1. The summed E-state index contributed by atoms with van der Waals surface area (Å²) in [7, 11) is 0. The van der Waals surface area contributed by atoms with Crippen molar-refractivity contribution in [2.45, 2.75) is 46.5 Å². The first-order chi connectivity index (χ1) is 16.9. The molecule has 0 spiro atoms. The molecule has 0 atom stereocenters. The Labute approximate surface area is 204 Å². The Balaban J connectivity index is 1.53. The Morgan fingerprint density at radius 2 is 1.51 bits per heavy atom. The van der Waals surface area contributed by atoms with E-state index in [4.69, 9.17) is 13.8 Å². The van der Waals surface area contributed by atoms with Crippen LogP contribution in [0.1, 0.15) is 56.4 Å². The van der Waals surface area contributed by atoms with Crippen LogP contribution >= 0.6 is 0 Å². The third-order valence-electron chi connectivity index (χ3n) is 6.80. The van der Waals surface area contributed by atoms with E-state index < -0.39 is 0 Å². The highest BCUT2D eigenvalue weighted by Crippen LogP contribution is 2.40. The molecule has 2 aromatic carbocycles. The maximum absolute atomic E-state index is 6.50. The van der Waals surface area contributed by atoms with Crippen molar-refractivity contribution in [3.05, 3.63) is 83.7 Å². The van der Waals surface area contributed by atoms with Crippen molar-refractivity contribution >= 4 is 33.0 Å². The lowest BCUT2D eigenvalue weighted by molar-refractivity contribution is 0.627. The van der Waals surface area contributed by atoms with Crippen molar-refractivity contribution in [3.8, 4) is 22.6 Å². The molecule has 0 radical (unpaired) electrons. The quantitative estimate of drug-likeness (QED) is 0.263. The number of nitrogens with zero attached hydrogens (tertiary/aromatic N) is 2. The fraction of sp³-hybridized carbons (Fsp3) is 0.226. The first kappa shape index (κ1) is 21.6. The molecule has 0 saturated heterocycles. The van der Waals surface area contributed by atoms with Crippen molar-refractivity contribution in [1.82, 2.24) is 9.97 Å². The minimum atomic E-state index is 0.397. The van der Waals surface area contributed by atoms with Crippen LogP contribution in [0.2, 0.25) is 0 Å². The molecule has 174 valence electrons. The number of furan rings is 2. The van der Waals surface area contributed by atoms with Crippen LogP contribution in [-0.4, -0.2) is 9.97 Å². The molecule has 0 aliphatic heterocycles. The van der Waals surface area contributed by atoms with Crippen molar-refractivity contribution in [3.63, 3.8) is 0 Å². The summed E-state index contributed by atoms with van der Waals surface area (Å²) < 4.78 is 12.7. The minimum Gasteiger partial charge on any atom is -0.456 e. The number of rotatable bonds is 4. The smallest absolute Gasteiger partial charge is 0.227 e. The van der Waals surface area contributed by atoms with Gasteiger partial charge in [0.1, 0.15) is 16.9 Å². The van der Waals surface area contributed by atoms with Gasteiger partial charge in [-0.05, 0) is 54.2 Å². The summed E-state index contributed by atoms with van der Waals surface area (Å²) in [6, 6.07) is 20.9. The molecule has 4 aromatic heterocycles. The summed E-state index contributed by atoms with van der Waals surface area (Å²) in [6.45, 7) is 10.9. The highest BCUT2D eigenvalue weighted by atomic mass is 16.3. The van der Waals surface area contributed by atoms with Crippen LogP contribution in [0.15, 0.2) is 75.7 Å². The zero-order valence-corrected chi connectivity index (χ0v) is 20.7. The molecule has 0 aliphatic carbocycles. The van der Waals surface area contributed by atoms with Crippen LogP contribution in [0.5, 0.6) is 0 Å². The van der Waals surface area contributed by atoms with Gasteiger partial charge >= 0.3 is 0 Å². The first-order valence-corrected chi connectivity index (χ1v) is 12.2. The molecule has 0 fully saturated rings. The molecule has 0 unspecified atom stereocenters. The molecular formula is C31H28N2O2. The second-order valence-corrected chi connectivity index (χ2v) is 9.93. The van der Waals surface area contributed by atoms with Gasteiger partial charge in [0.05, 0.1) is 5.69 Å². The predicted molar refractivity (Wildman–Crippen MR) is 143 cm³/mol. The Morgan fingerprint density at radius 1 is 0.771 bits per heavy atom. The lowest BCUT2D eigenvalue weighted by Crippen LogP contribution is -1.98. The van der Waals surface area contributed by atoms with Gasteiger partial charge in [-0.15, -0.1) is 0 Å². The van der Waals surface area contributed by atoms with E-state index in [0.717, 1.165) is 50.0 Å². The van der Waals surface area contributed by atoms with Gasteiger partial charge in [-0.1, -0.05) is 58.0 Å². The van der Waals surface area contributed by atoms with Crippen molar-refractivity contribution in [1.29, 1.82) is 0 Å². The van der Waals surface area contributed by atoms with Gasteiger partial charge in [0.15, 0.2) is 0 Å². The fourth-order valence-electron chi connectivity index (χ4n) is 5.01. The van der Waals surface area contributed by atoms with Gasteiger partial charge in [-0.25, -0.2) is 4.98 Å². The van der Waals surface area contributed by atoms with E-state index in [9.17, 15) is 0 Å². The zero-order valence-electron chi connectivity index (χ0n) is 20.7. The second kappa shape index (κ2) is 8.09. The number of aromatic nitrogens is 2. The normalized spacial score (nSPS) is 12.1. The molecule has 6 aromatic rings. The Kier molecular flexibility index (Phi) is 4.99. The maximum Gasteiger partial charge on any atom is 0.227 e. The monoisotopic (exact) mass is 460 g/mol. The molecule has 0 amide bonds. The van der Waals surface area contributed by atoms with E-state index in [-0.39, 0.29) is 0 Å².